The van der Waals surface area contributed by atoms with Gasteiger partial charge >= 0.3 is 0 Å². The van der Waals surface area contributed by atoms with Crippen LogP contribution in [0.1, 0.15) is 19.4 Å². The Balaban J connectivity index is 2.59. The van der Waals surface area contributed by atoms with Crippen molar-refractivity contribution in [3.05, 3.63) is 42.0 Å². The zero-order valence-corrected chi connectivity index (χ0v) is 9.16. The van der Waals surface area contributed by atoms with E-state index in [2.05, 4.69) is 38.1 Å². The van der Waals surface area contributed by atoms with Gasteiger partial charge in [-0.2, -0.15) is 0 Å². The smallest absolute Gasteiger partial charge is 0.118 e. The molecule has 14 heavy (non-hydrogen) atoms. The molecule has 1 nitrogen and oxygen atoms in total. The molecule has 0 heterocycles. The normalized spacial score (nSPS) is 13.1. The van der Waals surface area contributed by atoms with Crippen LogP contribution in [0.4, 0.5) is 0 Å². The molecule has 1 heteroatoms. The van der Waals surface area contributed by atoms with Crippen LogP contribution in [-0.4, -0.2) is 7.11 Å². The highest BCUT2D eigenvalue weighted by molar-refractivity contribution is 5.27. The molecule has 1 aromatic carbocycles. The van der Waals surface area contributed by atoms with Gasteiger partial charge < -0.3 is 4.74 Å². The van der Waals surface area contributed by atoms with Crippen molar-refractivity contribution in [2.45, 2.75) is 20.3 Å². The SMILES string of the molecule is C/C=C\C(C)Cc1ccc(OC)cc1. The molecule has 1 unspecified atom stereocenters. The molecule has 0 amide bonds. The molecule has 0 saturated carbocycles. The second kappa shape index (κ2) is 5.48. The van der Waals surface area contributed by atoms with Crippen molar-refractivity contribution >= 4 is 0 Å². The predicted octanol–water partition coefficient (Wildman–Crippen LogP) is 3.45. The van der Waals surface area contributed by atoms with Gasteiger partial charge in [-0.15, -0.1) is 0 Å². The fourth-order valence-corrected chi connectivity index (χ4v) is 1.53. The molecular weight excluding hydrogens is 172 g/mol. The summed E-state index contributed by atoms with van der Waals surface area (Å²) in [5, 5.41) is 0. The number of methoxy groups -OCH3 is 1. The molecule has 0 aliphatic heterocycles. The maximum Gasteiger partial charge on any atom is 0.118 e. The van der Waals surface area contributed by atoms with Crippen LogP contribution in [0.5, 0.6) is 5.75 Å². The molecule has 0 fully saturated rings. The van der Waals surface area contributed by atoms with Crippen LogP contribution in [0.25, 0.3) is 0 Å². The van der Waals surface area contributed by atoms with Crippen LogP contribution in [-0.2, 0) is 6.42 Å². The lowest BCUT2D eigenvalue weighted by molar-refractivity contribution is 0.414. The van der Waals surface area contributed by atoms with Crippen molar-refractivity contribution in [1.29, 1.82) is 0 Å². The molecule has 0 bridgehead atoms. The Kier molecular flexibility index (Phi) is 4.24. The zero-order chi connectivity index (χ0) is 10.4. The fraction of sp³-hybridized carbons (Fsp3) is 0.385. The highest BCUT2D eigenvalue weighted by atomic mass is 16.5. The van der Waals surface area contributed by atoms with Crippen molar-refractivity contribution in [2.24, 2.45) is 5.92 Å². The van der Waals surface area contributed by atoms with E-state index in [1.807, 2.05) is 12.1 Å². The van der Waals surface area contributed by atoms with E-state index in [4.69, 9.17) is 4.74 Å². The monoisotopic (exact) mass is 190 g/mol. The van der Waals surface area contributed by atoms with Crippen molar-refractivity contribution in [1.82, 2.24) is 0 Å². The van der Waals surface area contributed by atoms with Gasteiger partial charge in [0.1, 0.15) is 5.75 Å². The van der Waals surface area contributed by atoms with E-state index in [0.717, 1.165) is 12.2 Å². The fourth-order valence-electron chi connectivity index (χ4n) is 1.53. The van der Waals surface area contributed by atoms with Gasteiger partial charge in [0.15, 0.2) is 0 Å². The third kappa shape index (κ3) is 3.25. The van der Waals surface area contributed by atoms with E-state index >= 15 is 0 Å². The largest absolute Gasteiger partial charge is 0.497 e. The van der Waals surface area contributed by atoms with Gasteiger partial charge in [0.25, 0.3) is 0 Å². The van der Waals surface area contributed by atoms with E-state index in [1.165, 1.54) is 5.56 Å². The summed E-state index contributed by atoms with van der Waals surface area (Å²) in [4.78, 5) is 0. The second-order valence-electron chi connectivity index (χ2n) is 3.56. The summed E-state index contributed by atoms with van der Waals surface area (Å²) in [6.07, 6.45) is 5.42. The molecule has 0 aliphatic carbocycles. The van der Waals surface area contributed by atoms with Crippen LogP contribution < -0.4 is 4.74 Å². The summed E-state index contributed by atoms with van der Waals surface area (Å²) in [7, 11) is 1.69. The zero-order valence-electron chi connectivity index (χ0n) is 9.16. The number of benzene rings is 1. The molecule has 1 atom stereocenters. The maximum absolute atomic E-state index is 5.11. The van der Waals surface area contributed by atoms with Gasteiger partial charge in [0, 0.05) is 0 Å². The van der Waals surface area contributed by atoms with E-state index in [1.54, 1.807) is 7.11 Å². The first kappa shape index (κ1) is 10.8. The van der Waals surface area contributed by atoms with E-state index in [0.29, 0.717) is 5.92 Å². The first-order valence-corrected chi connectivity index (χ1v) is 5.02. The van der Waals surface area contributed by atoms with Crippen molar-refractivity contribution in [3.63, 3.8) is 0 Å². The Morgan fingerprint density at radius 3 is 2.43 bits per heavy atom. The minimum absolute atomic E-state index is 0.605. The molecule has 0 spiro atoms. The minimum Gasteiger partial charge on any atom is -0.497 e. The lowest BCUT2D eigenvalue weighted by Gasteiger charge is -2.06. The molecule has 0 aliphatic rings. The number of allylic oxidation sites excluding steroid dienone is 2. The summed E-state index contributed by atoms with van der Waals surface area (Å²) >= 11 is 0. The third-order valence-electron chi connectivity index (χ3n) is 2.24. The molecule has 0 radical (unpaired) electrons. The molecule has 0 aromatic heterocycles. The van der Waals surface area contributed by atoms with Crippen molar-refractivity contribution < 1.29 is 4.74 Å². The summed E-state index contributed by atoms with van der Waals surface area (Å²) < 4.78 is 5.11. The van der Waals surface area contributed by atoms with Crippen LogP contribution in [0.15, 0.2) is 36.4 Å². The lowest BCUT2D eigenvalue weighted by atomic mass is 10.0. The Morgan fingerprint density at radius 1 is 1.29 bits per heavy atom. The molecule has 1 rings (SSSR count). The van der Waals surface area contributed by atoms with Crippen LogP contribution in [0, 0.1) is 5.92 Å². The standard InChI is InChI=1S/C13H18O/c1-4-5-11(2)10-12-6-8-13(14-3)9-7-12/h4-9,11H,10H2,1-3H3/b5-4-. The number of rotatable bonds is 4. The topological polar surface area (TPSA) is 9.23 Å². The second-order valence-corrected chi connectivity index (χ2v) is 3.56. The van der Waals surface area contributed by atoms with Gasteiger partial charge in [-0.1, -0.05) is 31.2 Å². The van der Waals surface area contributed by atoms with Gasteiger partial charge in [-0.3, -0.25) is 0 Å². The van der Waals surface area contributed by atoms with Crippen molar-refractivity contribution in [2.75, 3.05) is 7.11 Å². The van der Waals surface area contributed by atoms with E-state index in [-0.39, 0.29) is 0 Å². The van der Waals surface area contributed by atoms with Gasteiger partial charge in [-0.05, 0) is 37.0 Å². The molecule has 0 saturated heterocycles. The minimum atomic E-state index is 0.605. The Hall–Kier alpha value is -1.24. The van der Waals surface area contributed by atoms with E-state index in [9.17, 15) is 0 Å². The summed E-state index contributed by atoms with van der Waals surface area (Å²) in [6.45, 7) is 4.29. The number of ether oxygens (including phenoxy) is 1. The quantitative estimate of drug-likeness (QED) is 0.661. The highest BCUT2D eigenvalue weighted by Gasteiger charge is 1.99. The summed E-state index contributed by atoms with van der Waals surface area (Å²) in [6, 6.07) is 8.27. The van der Waals surface area contributed by atoms with Gasteiger partial charge in [0.05, 0.1) is 7.11 Å². The van der Waals surface area contributed by atoms with E-state index < -0.39 is 0 Å². The average molecular weight is 190 g/mol. The maximum atomic E-state index is 5.11. The van der Waals surface area contributed by atoms with Crippen molar-refractivity contribution in [3.8, 4) is 5.75 Å². The number of hydrogen-bond acceptors (Lipinski definition) is 1. The van der Waals surface area contributed by atoms with Crippen LogP contribution in [0.3, 0.4) is 0 Å². The third-order valence-corrected chi connectivity index (χ3v) is 2.24. The molecule has 0 N–H and O–H groups in total. The molecule has 1 aromatic rings. The summed E-state index contributed by atoms with van der Waals surface area (Å²) in [5.41, 5.74) is 1.36. The Bertz CT molecular complexity index is 285. The summed E-state index contributed by atoms with van der Waals surface area (Å²) in [5.74, 6) is 1.53. The Labute approximate surface area is 86.4 Å². The van der Waals surface area contributed by atoms with Crippen LogP contribution in [0.2, 0.25) is 0 Å². The molecular formula is C13H18O. The van der Waals surface area contributed by atoms with Crippen LogP contribution >= 0.6 is 0 Å². The molecule has 76 valence electrons. The first-order valence-electron chi connectivity index (χ1n) is 5.02. The lowest BCUT2D eigenvalue weighted by Crippen LogP contribution is -1.95. The Morgan fingerprint density at radius 2 is 1.93 bits per heavy atom. The highest BCUT2D eigenvalue weighted by Crippen LogP contribution is 2.14. The van der Waals surface area contributed by atoms with Gasteiger partial charge in [0.2, 0.25) is 0 Å². The first-order chi connectivity index (χ1) is 6.76. The van der Waals surface area contributed by atoms with Gasteiger partial charge in [-0.25, -0.2) is 0 Å². The number of hydrogen-bond donors (Lipinski definition) is 0. The predicted molar refractivity (Wildman–Crippen MR) is 60.7 cm³/mol. The average Bonchev–Trinajstić information content (AvgIpc) is 2.19.